The summed E-state index contributed by atoms with van der Waals surface area (Å²) in [7, 11) is -3.54. The quantitative estimate of drug-likeness (QED) is 0.506. The van der Waals surface area contributed by atoms with Gasteiger partial charge in [-0.2, -0.15) is 4.91 Å². The zero-order valence-electron chi connectivity index (χ0n) is 19.5. The molecular formula is C23H28N6O4S. The minimum Gasteiger partial charge on any atom is -0.392 e. The van der Waals surface area contributed by atoms with Crippen molar-refractivity contribution < 1.29 is 13.5 Å². The van der Waals surface area contributed by atoms with E-state index >= 15 is 0 Å². The van der Waals surface area contributed by atoms with Gasteiger partial charge >= 0.3 is 0 Å². The van der Waals surface area contributed by atoms with E-state index in [-0.39, 0.29) is 30.0 Å². The van der Waals surface area contributed by atoms with Crippen LogP contribution in [0.25, 0.3) is 11.0 Å². The molecule has 0 bridgehead atoms. The molecule has 0 amide bonds. The predicted octanol–water partition coefficient (Wildman–Crippen LogP) is 3.08. The van der Waals surface area contributed by atoms with Crippen LogP contribution >= 0.6 is 0 Å². The van der Waals surface area contributed by atoms with Gasteiger partial charge in [-0.25, -0.2) is 23.4 Å². The van der Waals surface area contributed by atoms with Crippen LogP contribution in [0.2, 0.25) is 0 Å². The molecular weight excluding hydrogens is 456 g/mol. The summed E-state index contributed by atoms with van der Waals surface area (Å²) in [5.74, 6) is 2.00. The predicted molar refractivity (Wildman–Crippen MR) is 127 cm³/mol. The van der Waals surface area contributed by atoms with Gasteiger partial charge in [-0.3, -0.25) is 0 Å². The summed E-state index contributed by atoms with van der Waals surface area (Å²) < 4.78 is 26.9. The number of aliphatic hydroxyl groups is 1. The van der Waals surface area contributed by atoms with Crippen molar-refractivity contribution in [2.24, 2.45) is 11.1 Å². The zero-order valence-corrected chi connectivity index (χ0v) is 20.3. The number of sulfone groups is 1. The molecule has 1 fully saturated rings. The van der Waals surface area contributed by atoms with Gasteiger partial charge in [0.1, 0.15) is 12.4 Å². The number of nitrogens with zero attached hydrogens (tertiary/aromatic N) is 6. The van der Waals surface area contributed by atoms with Crippen molar-refractivity contribution in [3.8, 4) is 0 Å². The summed E-state index contributed by atoms with van der Waals surface area (Å²) in [5, 5.41) is 12.6. The highest BCUT2D eigenvalue weighted by atomic mass is 32.2. The average molecular weight is 485 g/mol. The molecule has 0 radical (unpaired) electrons. The Morgan fingerprint density at radius 1 is 1.18 bits per heavy atom. The van der Waals surface area contributed by atoms with E-state index in [0.29, 0.717) is 36.0 Å². The molecule has 2 aliphatic rings. The van der Waals surface area contributed by atoms with E-state index in [1.165, 1.54) is 0 Å². The Morgan fingerprint density at radius 3 is 2.56 bits per heavy atom. The average Bonchev–Trinajstić information content (AvgIpc) is 3.57. The Hall–Kier alpha value is -2.92. The fourth-order valence-electron chi connectivity index (χ4n) is 4.96. The van der Waals surface area contributed by atoms with Gasteiger partial charge in [0.15, 0.2) is 9.84 Å². The van der Waals surface area contributed by atoms with Crippen molar-refractivity contribution in [3.05, 3.63) is 45.9 Å². The Kier molecular flexibility index (Phi) is 5.64. The summed E-state index contributed by atoms with van der Waals surface area (Å²) >= 11 is 0. The normalized spacial score (nSPS) is 18.5. The van der Waals surface area contributed by atoms with Gasteiger partial charge in [0.2, 0.25) is 5.95 Å². The van der Waals surface area contributed by atoms with E-state index < -0.39 is 9.84 Å². The Labute approximate surface area is 197 Å². The lowest BCUT2D eigenvalue weighted by molar-refractivity contribution is 0.279. The third-order valence-electron chi connectivity index (χ3n) is 6.67. The zero-order chi connectivity index (χ0) is 24.2. The molecule has 1 N–H and O–H groups in total. The Bertz CT molecular complexity index is 1380. The lowest BCUT2D eigenvalue weighted by Crippen LogP contribution is -2.42. The highest BCUT2D eigenvalue weighted by Gasteiger charge is 2.36. The van der Waals surface area contributed by atoms with Crippen molar-refractivity contribution in [2.75, 3.05) is 17.7 Å². The van der Waals surface area contributed by atoms with E-state index in [4.69, 9.17) is 9.97 Å². The number of benzene rings is 1. The fraction of sp³-hybridized carbons (Fsp3) is 0.522. The smallest absolute Gasteiger partial charge is 0.226 e. The highest BCUT2D eigenvalue weighted by Crippen LogP contribution is 2.42. The number of aromatic nitrogens is 4. The lowest BCUT2D eigenvalue weighted by atomic mass is 10.00. The van der Waals surface area contributed by atoms with Crippen molar-refractivity contribution in [3.63, 3.8) is 0 Å². The third-order valence-corrected chi connectivity index (χ3v) is 7.85. The van der Waals surface area contributed by atoms with Gasteiger partial charge in [-0.1, -0.05) is 19.0 Å². The maximum Gasteiger partial charge on any atom is 0.226 e. The third kappa shape index (κ3) is 3.86. The molecule has 1 aliphatic carbocycles. The number of rotatable bonds is 7. The first kappa shape index (κ1) is 22.9. The van der Waals surface area contributed by atoms with Crippen LogP contribution < -0.4 is 4.90 Å². The van der Waals surface area contributed by atoms with Gasteiger partial charge < -0.3 is 14.6 Å². The first-order valence-electron chi connectivity index (χ1n) is 11.5. The van der Waals surface area contributed by atoms with Crippen LogP contribution in [0.3, 0.4) is 0 Å². The van der Waals surface area contributed by atoms with Crippen LogP contribution in [0, 0.1) is 10.8 Å². The summed E-state index contributed by atoms with van der Waals surface area (Å²) in [4.78, 5) is 27.5. The van der Waals surface area contributed by atoms with Crippen molar-refractivity contribution in [1.29, 1.82) is 0 Å². The van der Waals surface area contributed by atoms with E-state index in [1.807, 2.05) is 0 Å². The lowest BCUT2D eigenvalue weighted by Gasteiger charge is -2.38. The Morgan fingerprint density at radius 2 is 1.94 bits per heavy atom. The van der Waals surface area contributed by atoms with Crippen LogP contribution in [0.1, 0.15) is 61.3 Å². The molecule has 1 aliphatic heterocycles. The molecule has 1 atom stereocenters. The van der Waals surface area contributed by atoms with Gasteiger partial charge in [0.25, 0.3) is 0 Å². The maximum atomic E-state index is 12.4. The molecule has 0 unspecified atom stereocenters. The first-order chi connectivity index (χ1) is 16.2. The number of anilines is 1. The Balaban J connectivity index is 1.63. The second kappa shape index (κ2) is 8.38. The summed E-state index contributed by atoms with van der Waals surface area (Å²) in [5.41, 5.74) is 3.43. The first-order valence-corrected chi connectivity index (χ1v) is 13.4. The number of fused-ring (bicyclic) bond motifs is 3. The molecule has 3 heterocycles. The fourth-order valence-corrected chi connectivity index (χ4v) is 5.89. The summed E-state index contributed by atoms with van der Waals surface area (Å²) in [6.45, 7) is 5.15. The van der Waals surface area contributed by atoms with Gasteiger partial charge in [0.05, 0.1) is 34.3 Å². The van der Waals surface area contributed by atoms with Crippen molar-refractivity contribution >= 4 is 26.8 Å². The molecule has 0 spiro atoms. The van der Waals surface area contributed by atoms with Gasteiger partial charge in [0, 0.05) is 37.0 Å². The minimum atomic E-state index is -3.54. The van der Waals surface area contributed by atoms with E-state index in [0.717, 1.165) is 41.7 Å². The second-order valence-corrected chi connectivity index (χ2v) is 11.5. The van der Waals surface area contributed by atoms with Gasteiger partial charge in [-0.05, 0) is 36.5 Å². The van der Waals surface area contributed by atoms with Crippen molar-refractivity contribution in [2.45, 2.75) is 63.2 Å². The van der Waals surface area contributed by atoms with E-state index in [9.17, 15) is 18.4 Å². The van der Waals surface area contributed by atoms with Crippen LogP contribution in [-0.2, 0) is 29.5 Å². The van der Waals surface area contributed by atoms with E-state index in [1.54, 1.807) is 18.3 Å². The van der Waals surface area contributed by atoms with Crippen LogP contribution in [-0.4, -0.2) is 45.8 Å². The maximum absolute atomic E-state index is 12.4. The molecule has 34 heavy (non-hydrogen) atoms. The molecule has 5 rings (SSSR count). The monoisotopic (exact) mass is 484 g/mol. The van der Waals surface area contributed by atoms with Crippen molar-refractivity contribution in [1.82, 2.24) is 19.5 Å². The largest absolute Gasteiger partial charge is 0.392 e. The number of nitroso groups, excluding NO2 is 1. The molecule has 11 heteroatoms. The molecule has 10 nitrogen and oxygen atoms in total. The van der Waals surface area contributed by atoms with Crippen LogP contribution in [0.5, 0.6) is 0 Å². The molecule has 1 aromatic carbocycles. The van der Waals surface area contributed by atoms with E-state index in [2.05, 4.69) is 33.5 Å². The van der Waals surface area contributed by atoms with Gasteiger partial charge in [-0.15, -0.1) is 0 Å². The number of imidazole rings is 1. The topological polar surface area (TPSA) is 131 Å². The highest BCUT2D eigenvalue weighted by molar-refractivity contribution is 7.90. The molecule has 180 valence electrons. The minimum absolute atomic E-state index is 0.0732. The number of hydrogen-bond donors (Lipinski definition) is 1. The van der Waals surface area contributed by atoms with Crippen LogP contribution in [0.15, 0.2) is 28.4 Å². The standard InChI is InChI=1S/C23H28N6O4S/c1-13(2)21-22-26-17-8-15(11-25-31)19(34(3,32)33)9-18(17)28(22)6-7-29(21)23-24-10-16(12-30)20(27-23)14-4-5-14/h8-10,13-14,21,30H,4-7,11-12H2,1-3H3/t21-/m1/s1. The SMILES string of the molecule is CC(C)[C@@H]1c2nc3cc(CN=O)c(S(C)(=O)=O)cc3n2CCN1c1ncc(CO)c(C2CC2)n1. The van der Waals surface area contributed by atoms with Crippen LogP contribution in [0.4, 0.5) is 5.95 Å². The molecule has 3 aromatic rings. The molecule has 1 saturated carbocycles. The summed E-state index contributed by atoms with van der Waals surface area (Å²) in [6.07, 6.45) is 5.02. The second-order valence-electron chi connectivity index (χ2n) is 9.52. The number of aliphatic hydroxyl groups excluding tert-OH is 1. The molecule has 0 saturated heterocycles. The number of hydrogen-bond acceptors (Lipinski definition) is 9. The molecule has 2 aromatic heterocycles. The summed E-state index contributed by atoms with van der Waals surface area (Å²) in [6, 6.07) is 3.16.